The number of benzene rings is 2. The summed E-state index contributed by atoms with van der Waals surface area (Å²) < 4.78 is 1.22. The van der Waals surface area contributed by atoms with E-state index >= 15 is 0 Å². The van der Waals surface area contributed by atoms with E-state index in [2.05, 4.69) is 29.6 Å². The fourth-order valence-electron chi connectivity index (χ4n) is 3.38. The van der Waals surface area contributed by atoms with Crippen LogP contribution in [-0.4, -0.2) is 22.4 Å². The van der Waals surface area contributed by atoms with Gasteiger partial charge in [-0.15, -0.1) is 22.7 Å². The van der Waals surface area contributed by atoms with Crippen molar-refractivity contribution in [2.45, 2.75) is 19.3 Å². The van der Waals surface area contributed by atoms with Crippen LogP contribution in [0.2, 0.25) is 0 Å². The molecule has 3 heterocycles. The molecule has 1 saturated heterocycles. The molecule has 0 spiro atoms. The smallest absolute Gasteiger partial charge is 0.227 e. The Labute approximate surface area is 165 Å². The SMILES string of the molecule is O=C1CCCN1c1ccc(-c2csc(Cc3nc4ccccc4s3)n2)cc1. The van der Waals surface area contributed by atoms with Gasteiger partial charge in [-0.25, -0.2) is 9.97 Å². The molecule has 27 heavy (non-hydrogen) atoms. The van der Waals surface area contributed by atoms with E-state index in [0.29, 0.717) is 6.42 Å². The van der Waals surface area contributed by atoms with Gasteiger partial charge in [0.15, 0.2) is 0 Å². The predicted octanol–water partition coefficient (Wildman–Crippen LogP) is 5.14. The highest BCUT2D eigenvalue weighted by Gasteiger charge is 2.21. The molecule has 0 atom stereocenters. The third kappa shape index (κ3) is 3.26. The summed E-state index contributed by atoms with van der Waals surface area (Å²) in [5.74, 6) is 0.217. The summed E-state index contributed by atoms with van der Waals surface area (Å²) in [6, 6.07) is 16.4. The predicted molar refractivity (Wildman–Crippen MR) is 112 cm³/mol. The van der Waals surface area contributed by atoms with Crippen LogP contribution in [0.15, 0.2) is 53.9 Å². The van der Waals surface area contributed by atoms with E-state index in [0.717, 1.165) is 51.9 Å². The Morgan fingerprint density at radius 1 is 1.00 bits per heavy atom. The molecular weight excluding hydrogens is 374 g/mol. The van der Waals surface area contributed by atoms with E-state index in [9.17, 15) is 4.79 Å². The summed E-state index contributed by atoms with van der Waals surface area (Å²) in [7, 11) is 0. The molecule has 0 radical (unpaired) electrons. The third-order valence-corrected chi connectivity index (χ3v) is 6.63. The number of anilines is 1. The van der Waals surface area contributed by atoms with Crippen LogP contribution in [0.1, 0.15) is 22.9 Å². The van der Waals surface area contributed by atoms with E-state index in [-0.39, 0.29) is 5.91 Å². The molecule has 1 aliphatic heterocycles. The number of carbonyl (C=O) groups excluding carboxylic acids is 1. The Morgan fingerprint density at radius 3 is 2.63 bits per heavy atom. The van der Waals surface area contributed by atoms with Crippen LogP contribution in [0.5, 0.6) is 0 Å². The highest BCUT2D eigenvalue weighted by molar-refractivity contribution is 7.18. The topological polar surface area (TPSA) is 46.1 Å². The Morgan fingerprint density at radius 2 is 1.85 bits per heavy atom. The van der Waals surface area contributed by atoms with Gasteiger partial charge in [-0.3, -0.25) is 4.79 Å². The number of aromatic nitrogens is 2. The number of thiazole rings is 2. The second-order valence-electron chi connectivity index (χ2n) is 6.57. The molecule has 0 bridgehead atoms. The molecule has 2 aromatic carbocycles. The van der Waals surface area contributed by atoms with Crippen molar-refractivity contribution in [3.8, 4) is 11.3 Å². The summed E-state index contributed by atoms with van der Waals surface area (Å²) in [6.07, 6.45) is 2.37. The molecular formula is C21H17N3OS2. The minimum absolute atomic E-state index is 0.217. The van der Waals surface area contributed by atoms with Crippen LogP contribution in [0.25, 0.3) is 21.5 Å². The Balaban J connectivity index is 1.34. The molecule has 1 fully saturated rings. The largest absolute Gasteiger partial charge is 0.312 e. The fourth-order valence-corrected chi connectivity index (χ4v) is 5.25. The summed E-state index contributed by atoms with van der Waals surface area (Å²) in [4.78, 5) is 23.2. The van der Waals surface area contributed by atoms with Crippen LogP contribution in [0.3, 0.4) is 0 Å². The standard InChI is InChI=1S/C21H17N3OS2/c25-21-6-3-11-24(21)15-9-7-14(8-10-15)17-13-26-19(23-17)12-20-22-16-4-1-2-5-18(16)27-20/h1-2,4-5,7-10,13H,3,6,11-12H2. The van der Waals surface area contributed by atoms with Crippen molar-refractivity contribution in [3.63, 3.8) is 0 Å². The lowest BCUT2D eigenvalue weighted by Gasteiger charge is -2.15. The Bertz CT molecular complexity index is 1080. The average molecular weight is 392 g/mol. The van der Waals surface area contributed by atoms with Gasteiger partial charge in [-0.1, -0.05) is 24.3 Å². The van der Waals surface area contributed by atoms with Crippen molar-refractivity contribution in [3.05, 3.63) is 63.9 Å². The van der Waals surface area contributed by atoms with Gasteiger partial charge in [0.1, 0.15) is 10.0 Å². The highest BCUT2D eigenvalue weighted by Crippen LogP contribution is 2.29. The number of nitrogens with zero attached hydrogens (tertiary/aromatic N) is 3. The normalized spacial score (nSPS) is 14.4. The van der Waals surface area contributed by atoms with E-state index < -0.39 is 0 Å². The lowest BCUT2D eigenvalue weighted by Crippen LogP contribution is -2.23. The van der Waals surface area contributed by atoms with Crippen LogP contribution < -0.4 is 4.90 Å². The highest BCUT2D eigenvalue weighted by atomic mass is 32.1. The van der Waals surface area contributed by atoms with Gasteiger partial charge in [0.25, 0.3) is 0 Å². The first-order chi connectivity index (χ1) is 13.3. The third-order valence-electron chi connectivity index (χ3n) is 4.74. The van der Waals surface area contributed by atoms with Gasteiger partial charge >= 0.3 is 0 Å². The summed E-state index contributed by atoms with van der Waals surface area (Å²) in [5, 5.41) is 4.27. The maximum absolute atomic E-state index is 11.9. The van der Waals surface area contributed by atoms with Gasteiger partial charge < -0.3 is 4.90 Å². The number of amides is 1. The number of rotatable bonds is 4. The molecule has 0 N–H and O–H groups in total. The van der Waals surface area contributed by atoms with Crippen molar-refractivity contribution in [2.24, 2.45) is 0 Å². The number of hydrogen-bond donors (Lipinski definition) is 0. The van der Waals surface area contributed by atoms with E-state index in [1.807, 2.05) is 29.2 Å². The lowest BCUT2D eigenvalue weighted by atomic mass is 10.1. The summed E-state index contributed by atoms with van der Waals surface area (Å²) >= 11 is 3.40. The summed E-state index contributed by atoms with van der Waals surface area (Å²) in [6.45, 7) is 0.821. The maximum Gasteiger partial charge on any atom is 0.227 e. The second kappa shape index (κ2) is 6.87. The first-order valence-corrected chi connectivity index (χ1v) is 10.7. The van der Waals surface area contributed by atoms with Gasteiger partial charge in [-0.05, 0) is 30.7 Å². The zero-order valence-corrected chi connectivity index (χ0v) is 16.2. The van der Waals surface area contributed by atoms with Crippen molar-refractivity contribution < 1.29 is 4.79 Å². The van der Waals surface area contributed by atoms with Crippen LogP contribution in [-0.2, 0) is 11.2 Å². The summed E-state index contributed by atoms with van der Waals surface area (Å²) in [5.41, 5.74) is 4.10. The first kappa shape index (κ1) is 16.6. The molecule has 4 aromatic rings. The molecule has 6 heteroatoms. The quantitative estimate of drug-likeness (QED) is 0.484. The monoisotopic (exact) mass is 391 g/mol. The van der Waals surface area contributed by atoms with E-state index in [4.69, 9.17) is 9.97 Å². The average Bonchev–Trinajstić information content (AvgIpc) is 3.41. The first-order valence-electron chi connectivity index (χ1n) is 8.96. The molecule has 0 aliphatic carbocycles. The minimum Gasteiger partial charge on any atom is -0.312 e. The molecule has 1 aliphatic rings. The van der Waals surface area contributed by atoms with Crippen LogP contribution >= 0.6 is 22.7 Å². The molecule has 5 rings (SSSR count). The molecule has 4 nitrogen and oxygen atoms in total. The molecule has 0 saturated carbocycles. The van der Waals surface area contributed by atoms with Crippen molar-refractivity contribution in [2.75, 3.05) is 11.4 Å². The molecule has 0 unspecified atom stereocenters. The minimum atomic E-state index is 0.217. The van der Waals surface area contributed by atoms with Crippen LogP contribution in [0, 0.1) is 0 Å². The Kier molecular flexibility index (Phi) is 4.22. The fraction of sp³-hybridized carbons (Fsp3) is 0.190. The lowest BCUT2D eigenvalue weighted by molar-refractivity contribution is -0.117. The zero-order chi connectivity index (χ0) is 18.2. The molecule has 2 aromatic heterocycles. The molecule has 1 amide bonds. The second-order valence-corrected chi connectivity index (χ2v) is 8.63. The van der Waals surface area contributed by atoms with Gasteiger partial charge in [0.05, 0.1) is 22.3 Å². The van der Waals surface area contributed by atoms with E-state index in [1.54, 1.807) is 22.7 Å². The van der Waals surface area contributed by atoms with Crippen LogP contribution in [0.4, 0.5) is 5.69 Å². The van der Waals surface area contributed by atoms with Crippen molar-refractivity contribution in [1.29, 1.82) is 0 Å². The number of para-hydroxylation sites is 1. The van der Waals surface area contributed by atoms with Crippen molar-refractivity contribution in [1.82, 2.24) is 9.97 Å². The van der Waals surface area contributed by atoms with Crippen molar-refractivity contribution >= 4 is 44.5 Å². The number of carbonyl (C=O) groups is 1. The zero-order valence-electron chi connectivity index (χ0n) is 14.6. The number of hydrogen-bond acceptors (Lipinski definition) is 5. The van der Waals surface area contributed by atoms with Gasteiger partial charge in [0.2, 0.25) is 5.91 Å². The number of fused-ring (bicyclic) bond motifs is 1. The maximum atomic E-state index is 11.9. The van der Waals surface area contributed by atoms with Gasteiger partial charge in [-0.2, -0.15) is 0 Å². The van der Waals surface area contributed by atoms with Gasteiger partial charge in [0, 0.05) is 29.6 Å². The molecule has 134 valence electrons. The van der Waals surface area contributed by atoms with E-state index in [1.165, 1.54) is 4.70 Å². The Hall–Kier alpha value is -2.57.